The molecule has 5 aliphatic rings. The van der Waals surface area contributed by atoms with Crippen molar-refractivity contribution in [3.8, 4) is 0 Å². The van der Waals surface area contributed by atoms with Crippen molar-refractivity contribution in [2.45, 2.75) is 199 Å². The first-order chi connectivity index (χ1) is 24.8. The lowest BCUT2D eigenvalue weighted by molar-refractivity contribution is -0.409. The van der Waals surface area contributed by atoms with Crippen LogP contribution in [0, 0.1) is 41.4 Å². The monoisotopic (exact) mass is 750 g/mol. The van der Waals surface area contributed by atoms with E-state index >= 15 is 0 Å². The van der Waals surface area contributed by atoms with Crippen molar-refractivity contribution in [1.82, 2.24) is 0 Å². The van der Waals surface area contributed by atoms with Gasteiger partial charge in [-0.1, -0.05) is 55.4 Å². The van der Waals surface area contributed by atoms with Crippen molar-refractivity contribution < 1.29 is 53.7 Å². The van der Waals surface area contributed by atoms with Gasteiger partial charge in [0.15, 0.2) is 5.79 Å². The number of rotatable bonds is 12. The third kappa shape index (κ3) is 7.94. The molecule has 0 bridgehead atoms. The number of aliphatic carboxylic acids is 1. The quantitative estimate of drug-likeness (QED) is 0.169. The molecule has 0 aromatic rings. The van der Waals surface area contributed by atoms with E-state index in [0.717, 1.165) is 6.42 Å². The first kappa shape index (κ1) is 42.7. The number of carbonyl (C=O) groups is 2. The summed E-state index contributed by atoms with van der Waals surface area (Å²) in [6.45, 7) is 19.6. The Hall–Kier alpha value is -1.44. The second kappa shape index (κ2) is 16.2. The minimum atomic E-state index is -1.37. The minimum absolute atomic E-state index is 0.0137. The summed E-state index contributed by atoms with van der Waals surface area (Å²) in [7, 11) is 0. The van der Waals surface area contributed by atoms with Gasteiger partial charge in [-0.25, -0.2) is 0 Å². The maximum Gasteiger partial charge on any atom is 0.309 e. The van der Waals surface area contributed by atoms with E-state index in [0.29, 0.717) is 57.8 Å². The van der Waals surface area contributed by atoms with Crippen LogP contribution < -0.4 is 0 Å². The van der Waals surface area contributed by atoms with Gasteiger partial charge in [0, 0.05) is 30.1 Å². The summed E-state index contributed by atoms with van der Waals surface area (Å²) in [6, 6.07) is 0. The third-order valence-electron chi connectivity index (χ3n) is 14.4. The van der Waals surface area contributed by atoms with Gasteiger partial charge in [0.2, 0.25) is 5.79 Å². The molecule has 4 saturated heterocycles. The Labute approximate surface area is 317 Å². The second-order valence-electron chi connectivity index (χ2n) is 17.9. The zero-order valence-electron chi connectivity index (χ0n) is 34.0. The summed E-state index contributed by atoms with van der Waals surface area (Å²) in [4.78, 5) is 26.4. The number of aliphatic hydroxyl groups excluding tert-OH is 2. The summed E-state index contributed by atoms with van der Waals surface area (Å²) >= 11 is 0. The highest BCUT2D eigenvalue weighted by Crippen LogP contribution is 2.54. The van der Waals surface area contributed by atoms with Gasteiger partial charge in [-0.3, -0.25) is 9.59 Å². The molecule has 4 fully saturated rings. The predicted molar refractivity (Wildman–Crippen MR) is 199 cm³/mol. The average molecular weight is 751 g/mol. The molecule has 0 amide bonds. The molecule has 0 radical (unpaired) electrons. The Morgan fingerprint density at radius 3 is 2.17 bits per heavy atom. The topological polar surface area (TPSA) is 161 Å². The summed E-state index contributed by atoms with van der Waals surface area (Å²) in [5.74, 6) is -5.78. The molecule has 4 N–H and O–H groups in total. The standard InChI is InChI=1S/C42H70O11/c1-11-29(38(46)47)31-15-14-23(4)36(50-31)27(8)34(44)26(7)35(45)30(12-2)37-24(5)22-25(6)41(51-37)19-16-32(43)42(53-41)21-20-39(10,52-42)33-17-18-40(48,13-3)28(9)49-33/h16,19,23-34,36-37,43-44,48H,11-15,17-18,20-22H2,1-10H3,(H,46,47)/t23-,24-,25+,26-,27-,28-,29+,30-,31+,32+,33+,34+,36+,37-,39-,40+,41-,42+/m0/s1. The number of hydrogen-bond acceptors (Lipinski definition) is 10. The first-order valence-electron chi connectivity index (χ1n) is 20.7. The summed E-state index contributed by atoms with van der Waals surface area (Å²) < 4.78 is 33.5. The van der Waals surface area contributed by atoms with Gasteiger partial charge in [0.25, 0.3) is 0 Å². The highest BCUT2D eigenvalue weighted by molar-refractivity contribution is 5.84. The Morgan fingerprint density at radius 2 is 1.57 bits per heavy atom. The summed E-state index contributed by atoms with van der Waals surface area (Å²) in [5.41, 5.74) is -1.63. The number of ether oxygens (including phenoxy) is 5. The molecular formula is C42H70O11. The molecule has 0 aromatic carbocycles. The Kier molecular flexibility index (Phi) is 13.0. The van der Waals surface area contributed by atoms with E-state index in [2.05, 4.69) is 20.8 Å². The molecule has 0 saturated carbocycles. The van der Waals surface area contributed by atoms with Gasteiger partial charge < -0.3 is 44.1 Å². The van der Waals surface area contributed by atoms with Gasteiger partial charge in [-0.2, -0.15) is 0 Å². The molecule has 11 nitrogen and oxygen atoms in total. The number of carboxylic acids is 1. The molecule has 18 atom stereocenters. The van der Waals surface area contributed by atoms with E-state index in [9.17, 15) is 30.0 Å². The Balaban J connectivity index is 1.31. The van der Waals surface area contributed by atoms with Crippen LogP contribution in [0.15, 0.2) is 12.2 Å². The Bertz CT molecular complexity index is 1320. The van der Waals surface area contributed by atoms with Crippen molar-refractivity contribution in [1.29, 1.82) is 0 Å². The maximum absolute atomic E-state index is 14.4. The fraction of sp³-hybridized carbons (Fsp3) is 0.905. The van der Waals surface area contributed by atoms with Crippen LogP contribution in [0.1, 0.15) is 133 Å². The number of carbonyl (C=O) groups excluding carboxylic acids is 1. The van der Waals surface area contributed by atoms with Crippen molar-refractivity contribution >= 4 is 11.8 Å². The van der Waals surface area contributed by atoms with E-state index in [4.69, 9.17) is 23.7 Å². The van der Waals surface area contributed by atoms with Crippen molar-refractivity contribution in [3.05, 3.63) is 12.2 Å². The fourth-order valence-corrected chi connectivity index (χ4v) is 10.5. The van der Waals surface area contributed by atoms with E-state index in [1.165, 1.54) is 0 Å². The molecule has 5 heterocycles. The van der Waals surface area contributed by atoms with Crippen LogP contribution in [0.5, 0.6) is 0 Å². The zero-order valence-corrected chi connectivity index (χ0v) is 34.0. The van der Waals surface area contributed by atoms with Gasteiger partial charge in [-0.15, -0.1) is 0 Å². The van der Waals surface area contributed by atoms with Gasteiger partial charge in [-0.05, 0) is 95.6 Å². The van der Waals surface area contributed by atoms with Crippen LogP contribution in [0.2, 0.25) is 0 Å². The molecule has 304 valence electrons. The zero-order chi connectivity index (χ0) is 39.3. The van der Waals surface area contributed by atoms with Crippen LogP contribution in [-0.4, -0.2) is 97.7 Å². The molecule has 5 aliphatic heterocycles. The molecule has 0 aliphatic carbocycles. The largest absolute Gasteiger partial charge is 0.481 e. The van der Waals surface area contributed by atoms with Gasteiger partial charge >= 0.3 is 5.97 Å². The maximum atomic E-state index is 14.4. The minimum Gasteiger partial charge on any atom is -0.481 e. The number of carboxylic acid groups (broad SMARTS) is 1. The molecule has 2 spiro atoms. The molecule has 11 heteroatoms. The molecule has 5 rings (SSSR count). The highest BCUT2D eigenvalue weighted by atomic mass is 16.8. The Morgan fingerprint density at radius 1 is 0.887 bits per heavy atom. The average Bonchev–Trinajstić information content (AvgIpc) is 3.47. The van der Waals surface area contributed by atoms with E-state index in [1.807, 2.05) is 41.5 Å². The highest BCUT2D eigenvalue weighted by Gasteiger charge is 2.63. The van der Waals surface area contributed by atoms with Crippen LogP contribution >= 0.6 is 0 Å². The van der Waals surface area contributed by atoms with Crippen LogP contribution in [0.4, 0.5) is 0 Å². The smallest absolute Gasteiger partial charge is 0.309 e. The van der Waals surface area contributed by atoms with E-state index in [1.54, 1.807) is 19.1 Å². The van der Waals surface area contributed by atoms with Crippen molar-refractivity contribution in [2.75, 3.05) is 0 Å². The lowest BCUT2D eigenvalue weighted by Gasteiger charge is -2.54. The van der Waals surface area contributed by atoms with Crippen molar-refractivity contribution in [3.63, 3.8) is 0 Å². The lowest BCUT2D eigenvalue weighted by atomic mass is 9.72. The van der Waals surface area contributed by atoms with Crippen molar-refractivity contribution in [2.24, 2.45) is 41.4 Å². The summed E-state index contributed by atoms with van der Waals surface area (Å²) in [5, 5.41) is 44.0. The van der Waals surface area contributed by atoms with Crippen LogP contribution in [0.3, 0.4) is 0 Å². The SMILES string of the molecule is CC[C@@H](C(=O)[C@@H](C)[C@@H](O)[C@H](C)[C@@H]1O[C@@H]([C@@H](CC)C(=O)O)CC[C@@H]1C)[C@H]1O[C@]2(C=C[C@@H](O)[C@@]3(CC[C@@](C)([C@H]4CC[C@](O)(CC)[C@H](C)O4)O3)O2)[C@H](C)C[C@@H]1C. The van der Waals surface area contributed by atoms with Crippen LogP contribution in [-0.2, 0) is 33.3 Å². The molecular weight excluding hydrogens is 680 g/mol. The first-order valence-corrected chi connectivity index (χ1v) is 20.7. The normalized spacial score (nSPS) is 46.2. The van der Waals surface area contributed by atoms with E-state index < -0.39 is 76.8 Å². The number of aliphatic hydroxyl groups is 3. The predicted octanol–water partition coefficient (Wildman–Crippen LogP) is 6.19. The summed E-state index contributed by atoms with van der Waals surface area (Å²) in [6.07, 6.45) is 5.51. The van der Waals surface area contributed by atoms with Crippen LogP contribution in [0.25, 0.3) is 0 Å². The number of hydrogen-bond donors (Lipinski definition) is 4. The van der Waals surface area contributed by atoms with Gasteiger partial charge in [0.1, 0.15) is 11.9 Å². The van der Waals surface area contributed by atoms with E-state index in [-0.39, 0.29) is 41.8 Å². The molecule has 0 unspecified atom stereocenters. The number of ketones is 1. The lowest BCUT2D eigenvalue weighted by Crippen LogP contribution is -2.63. The second-order valence-corrected chi connectivity index (χ2v) is 17.9. The third-order valence-corrected chi connectivity index (χ3v) is 14.4. The number of Topliss-reactive ketones (excluding diaryl/α,β-unsaturated/α-hetero) is 1. The molecule has 53 heavy (non-hydrogen) atoms. The molecule has 0 aromatic heterocycles. The van der Waals surface area contributed by atoms with Gasteiger partial charge in [0.05, 0.1) is 53.7 Å². The fourth-order valence-electron chi connectivity index (χ4n) is 10.5.